The van der Waals surface area contributed by atoms with Gasteiger partial charge >= 0.3 is 7.82 Å². The van der Waals surface area contributed by atoms with Crippen LogP contribution in [0.15, 0.2) is 57.6 Å². The van der Waals surface area contributed by atoms with E-state index in [2.05, 4.69) is 37.4 Å². The lowest BCUT2D eigenvalue weighted by Crippen LogP contribution is -2.32. The summed E-state index contributed by atoms with van der Waals surface area (Å²) >= 11 is 12.2. The van der Waals surface area contributed by atoms with E-state index in [-0.39, 0.29) is 50.3 Å². The second kappa shape index (κ2) is 14.1. The summed E-state index contributed by atoms with van der Waals surface area (Å²) in [5.74, 6) is -1.10. The summed E-state index contributed by atoms with van der Waals surface area (Å²) in [4.78, 5) is 75.7. The van der Waals surface area contributed by atoms with Gasteiger partial charge in [-0.15, -0.1) is 0 Å². The second-order valence-electron chi connectivity index (χ2n) is 11.8. The average molecular weight is 858 g/mol. The number of allylic oxidation sites excluding steroid dienone is 4. The zero-order chi connectivity index (χ0) is 38.9. The van der Waals surface area contributed by atoms with E-state index in [4.69, 9.17) is 38.2 Å². The van der Waals surface area contributed by atoms with E-state index in [1.807, 2.05) is 0 Å². The molecule has 3 aromatic rings. The summed E-state index contributed by atoms with van der Waals surface area (Å²) in [6, 6.07) is 3.54. The van der Waals surface area contributed by atoms with E-state index >= 15 is 0 Å². The van der Waals surface area contributed by atoms with Gasteiger partial charge in [-0.05, 0) is 29.8 Å². The molecule has 1 saturated heterocycles. The maximum absolute atomic E-state index is 12.6. The number of carbonyl (C=O) groups excluding carboxylic acids is 1. The Morgan fingerprint density at radius 1 is 1.06 bits per heavy atom. The minimum atomic E-state index is -6.48. The number of aliphatic imine (C=N–C) groups is 1. The van der Waals surface area contributed by atoms with Gasteiger partial charge in [-0.25, -0.2) is 37.4 Å². The molecule has 28 heteroatoms. The smallest absolute Gasteiger partial charge is 0.534 e. The number of nitrogens with zero attached hydrogens (tertiary/aromatic N) is 5. The lowest BCUT2D eigenvalue weighted by molar-refractivity contribution is -0.249. The number of fused-ring (bicyclic) bond motifs is 3. The molecule has 1 fully saturated rings. The summed E-state index contributed by atoms with van der Waals surface area (Å²) in [5, 5.41) is 9.98. The Balaban J connectivity index is 1.07. The molecule has 0 saturated carbocycles. The number of phosphoric ester groups is 2. The first-order valence-corrected chi connectivity index (χ1v) is 21.2. The highest BCUT2D eigenvalue weighted by Gasteiger charge is 2.42. The van der Waals surface area contributed by atoms with Gasteiger partial charge in [0, 0.05) is 17.4 Å². The first kappa shape index (κ1) is 40.0. The van der Waals surface area contributed by atoms with Crippen LogP contribution in [0.2, 0.25) is 0 Å². The highest BCUT2D eigenvalue weighted by Crippen LogP contribution is 2.67. The predicted octanol–water partition coefficient (Wildman–Crippen LogP) is 2.27. The summed E-state index contributed by atoms with van der Waals surface area (Å²) in [6.07, 6.45) is -0.0866. The molecule has 286 valence electrons. The van der Waals surface area contributed by atoms with Crippen molar-refractivity contribution >= 4 is 88.7 Å². The monoisotopic (exact) mass is 857 g/mol. The van der Waals surface area contributed by atoms with Crippen molar-refractivity contribution in [2.24, 2.45) is 4.99 Å². The predicted molar refractivity (Wildman–Crippen MR) is 175 cm³/mol. The number of nitrogen functional groups attached to an aromatic ring is 1. The van der Waals surface area contributed by atoms with Crippen molar-refractivity contribution in [3.8, 4) is 5.75 Å². The van der Waals surface area contributed by atoms with Crippen LogP contribution in [0.5, 0.6) is 5.75 Å². The molecule has 2 aliphatic heterocycles. The number of rotatable bonds is 12. The number of carbonyl (C=O) groups is 1. The quantitative estimate of drug-likeness (QED) is 0.174. The van der Waals surface area contributed by atoms with Crippen LogP contribution in [0, 0.1) is 0 Å². The first-order chi connectivity index (χ1) is 24.5. The van der Waals surface area contributed by atoms with Gasteiger partial charge in [0.15, 0.2) is 11.5 Å². The molecule has 22 nitrogen and oxygen atoms in total. The number of nitrogens with two attached hydrogens (primary N) is 1. The third-order valence-electron chi connectivity index (χ3n) is 7.78. The number of phosphoric acid groups is 4. The fourth-order valence-electron chi connectivity index (χ4n) is 5.56. The van der Waals surface area contributed by atoms with Gasteiger partial charge in [0.1, 0.15) is 29.9 Å². The Labute approximate surface area is 307 Å². The number of hydrogen-bond acceptors (Lipinski definition) is 20. The third-order valence-corrected chi connectivity index (χ3v) is 14.2. The number of ether oxygens (including phenoxy) is 1. The van der Waals surface area contributed by atoms with E-state index in [0.717, 1.165) is 18.5 Å². The van der Waals surface area contributed by atoms with Crippen LogP contribution in [0.25, 0.3) is 11.2 Å². The number of aliphatic hydroxyl groups is 1. The highest BCUT2D eigenvalue weighted by atomic mass is 35.5. The lowest BCUT2D eigenvalue weighted by atomic mass is 9.71. The van der Waals surface area contributed by atoms with Crippen LogP contribution in [0.1, 0.15) is 32.1 Å². The molecule has 0 bridgehead atoms. The average Bonchev–Trinajstić information content (AvgIpc) is 3.61. The molecule has 4 heterocycles. The van der Waals surface area contributed by atoms with Crippen LogP contribution < -0.4 is 24.9 Å². The van der Waals surface area contributed by atoms with Crippen LogP contribution in [-0.4, -0.2) is 59.8 Å². The van der Waals surface area contributed by atoms with E-state index in [0.29, 0.717) is 5.69 Å². The number of Topliss-reactive ketones (excluding diaryl/α,β-unsaturated/α-hetero) is 1. The molecule has 1 aromatic carbocycles. The summed E-state index contributed by atoms with van der Waals surface area (Å²) in [7, 11) is -24.7. The van der Waals surface area contributed by atoms with Crippen molar-refractivity contribution in [1.82, 2.24) is 19.5 Å². The minimum absolute atomic E-state index is 0.0596. The number of aromatic nitrogens is 4. The number of anilines is 1. The SMILES string of the molecule is CC1(C)C2=C(Cl)C(=O)C(Cl)=CC2=Nc2ccc(OP(=O)(O)OP(=O)([O-])OP(=O)([O-])OP(=O)([O-])OC[C@H]3OC(n4cnc5c(N)ncnc54)CC3O)cc21. The fourth-order valence-corrected chi connectivity index (χ4v) is 11.0. The van der Waals surface area contributed by atoms with Crippen molar-refractivity contribution in [1.29, 1.82) is 0 Å². The first-order valence-electron chi connectivity index (χ1n) is 14.5. The van der Waals surface area contributed by atoms with Crippen LogP contribution in [-0.2, 0) is 50.7 Å². The van der Waals surface area contributed by atoms with E-state index in [9.17, 15) is 47.7 Å². The Morgan fingerprint density at radius 2 is 1.74 bits per heavy atom. The molecule has 0 radical (unpaired) electrons. The Kier molecular flexibility index (Phi) is 10.6. The Bertz CT molecular complexity index is 2330. The lowest BCUT2D eigenvalue weighted by Gasteiger charge is -2.36. The molecular weight excluding hydrogens is 835 g/mol. The Morgan fingerprint density at radius 3 is 2.45 bits per heavy atom. The summed E-state index contributed by atoms with van der Waals surface area (Å²) < 4.78 is 77.0. The standard InChI is InChI=1S/C25H26Cl2N6O16P4/c1-25(2)12-5-11(3-4-14(12)32-15-6-13(26)22(35)20(27)19(15)25)46-51(38,39)48-53(42,43)49-52(40,41)47-50(36,37)44-8-17-16(34)7-18(45-17)33-10-31-21-23(28)29-9-30-24(21)33/h3-6,9-10,16-18,34H,7-8H2,1-2H3,(H,36,37)(H,38,39)(H,40,41)(H,42,43)(H2,28,29,30)/p-3/t16?,17-,18?/m1/s1. The number of hydrogen-bond donors (Lipinski definition) is 3. The third kappa shape index (κ3) is 8.44. The highest BCUT2D eigenvalue weighted by molar-refractivity contribution is 7.68. The molecule has 6 rings (SSSR count). The van der Waals surface area contributed by atoms with Gasteiger partial charge in [-0.2, -0.15) is 0 Å². The number of ketones is 1. The van der Waals surface area contributed by atoms with Crippen molar-refractivity contribution in [2.45, 2.75) is 44.1 Å². The number of benzene rings is 1. The molecule has 53 heavy (non-hydrogen) atoms. The van der Waals surface area contributed by atoms with E-state index < -0.39 is 73.3 Å². The van der Waals surface area contributed by atoms with Crippen LogP contribution >= 0.6 is 54.5 Å². The molecule has 7 atom stereocenters. The molecule has 0 amide bonds. The second-order valence-corrected chi connectivity index (χ2v) is 18.6. The van der Waals surface area contributed by atoms with Gasteiger partial charge in [0.05, 0.1) is 40.5 Å². The van der Waals surface area contributed by atoms with Gasteiger partial charge in [0.2, 0.25) is 5.78 Å². The number of halogens is 2. The molecule has 3 aliphatic rings. The molecule has 6 unspecified atom stereocenters. The molecular formula is C25H23Cl2N6O16P4-3. The summed E-state index contributed by atoms with van der Waals surface area (Å²) in [6.45, 7) is 2.25. The maximum Gasteiger partial charge on any atom is 0.534 e. The molecule has 1 aliphatic carbocycles. The van der Waals surface area contributed by atoms with Gasteiger partial charge in [0.25, 0.3) is 23.5 Å². The van der Waals surface area contributed by atoms with Crippen molar-refractivity contribution in [2.75, 3.05) is 12.3 Å². The zero-order valence-electron chi connectivity index (χ0n) is 26.6. The maximum atomic E-state index is 12.6. The summed E-state index contributed by atoms with van der Waals surface area (Å²) in [5.41, 5.74) is 6.24. The normalized spacial score (nSPS) is 25.7. The Hall–Kier alpha value is -2.71. The number of imidazole rings is 1. The van der Waals surface area contributed by atoms with Crippen molar-refractivity contribution in [3.63, 3.8) is 0 Å². The molecule has 4 N–H and O–H groups in total. The largest absolute Gasteiger partial charge is 0.756 e. The topological polar surface area (TPSA) is 332 Å². The van der Waals surface area contributed by atoms with Gasteiger partial charge in [-0.3, -0.25) is 28.0 Å². The number of aliphatic hydroxyl groups excluding tert-OH is 1. The zero-order valence-corrected chi connectivity index (χ0v) is 31.7. The van der Waals surface area contributed by atoms with E-state index in [1.165, 1.54) is 23.0 Å². The van der Waals surface area contributed by atoms with Gasteiger partial charge in [-0.1, -0.05) is 37.0 Å². The molecule has 2 aromatic heterocycles. The van der Waals surface area contributed by atoms with Crippen molar-refractivity contribution < 1.29 is 74.5 Å². The molecule has 0 spiro atoms. The van der Waals surface area contributed by atoms with Gasteiger partial charge < -0.3 is 39.3 Å². The fraction of sp³-hybridized carbons (Fsp3) is 0.320. The van der Waals surface area contributed by atoms with Crippen LogP contribution in [0.3, 0.4) is 0 Å². The van der Waals surface area contributed by atoms with Crippen molar-refractivity contribution in [3.05, 3.63) is 58.1 Å². The van der Waals surface area contributed by atoms with Crippen LogP contribution in [0.4, 0.5) is 11.5 Å². The van der Waals surface area contributed by atoms with E-state index in [1.54, 1.807) is 13.8 Å². The minimum Gasteiger partial charge on any atom is -0.756 e.